The van der Waals surface area contributed by atoms with Crippen LogP contribution in [0, 0.1) is 5.82 Å². The van der Waals surface area contributed by atoms with Crippen molar-refractivity contribution in [3.8, 4) is 0 Å². The average Bonchev–Trinajstić information content (AvgIpc) is 3.20. The summed E-state index contributed by atoms with van der Waals surface area (Å²) < 4.78 is 14.0. The maximum atomic E-state index is 14.0. The Kier molecular flexibility index (Phi) is 5.90. The van der Waals surface area contributed by atoms with E-state index in [9.17, 15) is 9.18 Å². The first-order chi connectivity index (χ1) is 14.2. The van der Waals surface area contributed by atoms with Crippen molar-refractivity contribution < 1.29 is 9.18 Å². The molecular weight excluding hydrogens is 367 g/mol. The zero-order chi connectivity index (χ0) is 20.2. The van der Waals surface area contributed by atoms with Crippen LogP contribution in [0.5, 0.6) is 0 Å². The van der Waals surface area contributed by atoms with Crippen LogP contribution in [0.2, 0.25) is 0 Å². The lowest BCUT2D eigenvalue weighted by Crippen LogP contribution is -2.47. The number of nitrogens with one attached hydrogen (secondary N) is 2. The Hall–Kier alpha value is -2.73. The molecule has 2 aromatic carbocycles. The van der Waals surface area contributed by atoms with Gasteiger partial charge in [-0.1, -0.05) is 36.4 Å². The summed E-state index contributed by atoms with van der Waals surface area (Å²) in [5, 5.41) is 3.64. The number of hydrogen-bond acceptors (Lipinski definition) is 3. The first-order valence-corrected chi connectivity index (χ1v) is 10.4. The number of amides is 1. The number of rotatable bonds is 6. The van der Waals surface area contributed by atoms with Gasteiger partial charge in [-0.15, -0.1) is 0 Å². The molecule has 4 rings (SSSR count). The molecule has 1 aliphatic carbocycles. The van der Waals surface area contributed by atoms with E-state index in [1.54, 1.807) is 12.1 Å². The van der Waals surface area contributed by atoms with Gasteiger partial charge in [-0.3, -0.25) is 4.79 Å². The molecule has 1 aromatic heterocycles. The summed E-state index contributed by atoms with van der Waals surface area (Å²) in [6.45, 7) is 3.43. The highest BCUT2D eigenvalue weighted by atomic mass is 19.1. The minimum Gasteiger partial charge on any atom is -0.334 e. The molecule has 2 atom stereocenters. The minimum atomic E-state index is -0.413. The summed E-state index contributed by atoms with van der Waals surface area (Å²) in [6, 6.07) is 15.6. The van der Waals surface area contributed by atoms with Gasteiger partial charge in [-0.05, 0) is 50.3 Å². The number of aromatic amines is 1. The van der Waals surface area contributed by atoms with E-state index in [0.717, 1.165) is 32.2 Å². The molecule has 1 aliphatic rings. The van der Waals surface area contributed by atoms with Crippen LogP contribution >= 0.6 is 0 Å². The van der Waals surface area contributed by atoms with Crippen molar-refractivity contribution in [3.05, 3.63) is 65.7 Å². The highest BCUT2D eigenvalue weighted by Gasteiger charge is 2.30. The van der Waals surface area contributed by atoms with Gasteiger partial charge in [0, 0.05) is 25.2 Å². The molecular formula is C23H27FN4O. The third-order valence-corrected chi connectivity index (χ3v) is 5.79. The van der Waals surface area contributed by atoms with Gasteiger partial charge in [0.1, 0.15) is 5.52 Å². The molecule has 0 radical (unpaired) electrons. The maximum absolute atomic E-state index is 14.0. The van der Waals surface area contributed by atoms with Crippen LogP contribution in [-0.2, 0) is 6.54 Å². The number of fused-ring (bicyclic) bond motifs is 1. The van der Waals surface area contributed by atoms with E-state index in [-0.39, 0.29) is 23.3 Å². The second kappa shape index (κ2) is 8.74. The van der Waals surface area contributed by atoms with Gasteiger partial charge in [-0.25, -0.2) is 9.37 Å². The lowest BCUT2D eigenvalue weighted by molar-refractivity contribution is 0.0617. The molecule has 1 amide bonds. The molecule has 0 unspecified atom stereocenters. The Labute approximate surface area is 170 Å². The number of imidazole rings is 1. The van der Waals surface area contributed by atoms with Crippen molar-refractivity contribution in [3.63, 3.8) is 0 Å². The topological polar surface area (TPSA) is 61.0 Å². The van der Waals surface area contributed by atoms with Crippen molar-refractivity contribution in [2.45, 2.75) is 51.2 Å². The number of halogens is 1. The maximum Gasteiger partial charge on any atom is 0.289 e. The van der Waals surface area contributed by atoms with Gasteiger partial charge < -0.3 is 15.2 Å². The lowest BCUT2D eigenvalue weighted by Gasteiger charge is -2.37. The van der Waals surface area contributed by atoms with E-state index >= 15 is 0 Å². The van der Waals surface area contributed by atoms with Crippen molar-refractivity contribution in [1.82, 2.24) is 20.2 Å². The fraction of sp³-hybridized carbons (Fsp3) is 0.391. The van der Waals surface area contributed by atoms with E-state index in [2.05, 4.69) is 27.4 Å². The van der Waals surface area contributed by atoms with Crippen molar-refractivity contribution in [2.75, 3.05) is 6.54 Å². The Balaban J connectivity index is 1.44. The second-order valence-corrected chi connectivity index (χ2v) is 7.70. The number of hydrogen-bond donors (Lipinski definition) is 2. The number of nitrogens with zero attached hydrogens (tertiary/aromatic N) is 2. The summed E-state index contributed by atoms with van der Waals surface area (Å²) >= 11 is 0. The zero-order valence-electron chi connectivity index (χ0n) is 16.7. The molecule has 0 aliphatic heterocycles. The summed E-state index contributed by atoms with van der Waals surface area (Å²) in [5.74, 6) is -0.355. The van der Waals surface area contributed by atoms with Crippen LogP contribution < -0.4 is 5.32 Å². The van der Waals surface area contributed by atoms with Crippen LogP contribution in [0.1, 0.15) is 48.8 Å². The molecule has 0 saturated heterocycles. The summed E-state index contributed by atoms with van der Waals surface area (Å²) in [5.41, 5.74) is 2.04. The van der Waals surface area contributed by atoms with E-state index in [1.807, 2.05) is 30.0 Å². The monoisotopic (exact) mass is 394 g/mol. The Bertz CT molecular complexity index is 971. The van der Waals surface area contributed by atoms with Crippen molar-refractivity contribution in [2.24, 2.45) is 0 Å². The molecule has 0 bridgehead atoms. The molecule has 1 heterocycles. The van der Waals surface area contributed by atoms with Crippen LogP contribution in [0.15, 0.2) is 48.5 Å². The van der Waals surface area contributed by atoms with Crippen molar-refractivity contribution >= 4 is 16.9 Å². The Morgan fingerprint density at radius 1 is 1.21 bits per heavy atom. The average molecular weight is 394 g/mol. The zero-order valence-corrected chi connectivity index (χ0v) is 16.7. The minimum absolute atomic E-state index is 0.156. The van der Waals surface area contributed by atoms with Crippen molar-refractivity contribution in [1.29, 1.82) is 0 Å². The normalized spacial score (nSPS) is 19.4. The van der Waals surface area contributed by atoms with Crippen LogP contribution in [0.3, 0.4) is 0 Å². The van der Waals surface area contributed by atoms with Gasteiger partial charge in [0.05, 0.1) is 5.52 Å². The molecule has 1 saturated carbocycles. The molecule has 152 valence electrons. The molecule has 0 spiro atoms. The Morgan fingerprint density at radius 2 is 2.03 bits per heavy atom. The van der Waals surface area contributed by atoms with Gasteiger partial charge in [0.15, 0.2) is 11.6 Å². The van der Waals surface area contributed by atoms with Gasteiger partial charge in [0.25, 0.3) is 5.91 Å². The van der Waals surface area contributed by atoms with E-state index in [1.165, 1.54) is 11.6 Å². The number of carbonyl (C=O) groups excluding carboxylic acids is 1. The fourth-order valence-corrected chi connectivity index (χ4v) is 4.29. The highest BCUT2D eigenvalue weighted by molar-refractivity contribution is 5.94. The fourth-order valence-electron chi connectivity index (χ4n) is 4.29. The SMILES string of the molecule is CCN(C(=O)c1nc2c(F)cccc2[nH]1)[C@H]1CCC[C@@H](NCc2ccccc2)C1. The third kappa shape index (κ3) is 4.32. The van der Waals surface area contributed by atoms with Crippen LogP contribution in [0.4, 0.5) is 4.39 Å². The molecule has 5 nitrogen and oxygen atoms in total. The smallest absolute Gasteiger partial charge is 0.289 e. The molecule has 2 N–H and O–H groups in total. The quantitative estimate of drug-likeness (QED) is 0.657. The van der Waals surface area contributed by atoms with Gasteiger partial charge in [0.2, 0.25) is 0 Å². The number of benzene rings is 2. The van der Waals surface area contributed by atoms with E-state index in [0.29, 0.717) is 18.1 Å². The van der Waals surface area contributed by atoms with Gasteiger partial charge in [-0.2, -0.15) is 0 Å². The summed E-state index contributed by atoms with van der Waals surface area (Å²) in [4.78, 5) is 22.2. The lowest BCUT2D eigenvalue weighted by atomic mass is 9.89. The van der Waals surface area contributed by atoms with Gasteiger partial charge >= 0.3 is 0 Å². The first-order valence-electron chi connectivity index (χ1n) is 10.4. The third-order valence-electron chi connectivity index (χ3n) is 5.79. The molecule has 3 aromatic rings. The predicted octanol–water partition coefficient (Wildman–Crippen LogP) is 4.27. The Morgan fingerprint density at radius 3 is 2.79 bits per heavy atom. The standard InChI is InChI=1S/C23H27FN4O/c1-2-28(23(29)22-26-20-13-7-12-19(24)21(20)27-22)18-11-6-10-17(14-18)25-15-16-8-4-3-5-9-16/h3-5,7-9,12-13,17-18,25H,2,6,10-11,14-15H2,1H3,(H,26,27)/t17-,18+/m1/s1. The molecule has 6 heteroatoms. The van der Waals surface area contributed by atoms with E-state index < -0.39 is 5.82 Å². The second-order valence-electron chi connectivity index (χ2n) is 7.70. The van der Waals surface area contributed by atoms with E-state index in [4.69, 9.17) is 0 Å². The summed E-state index contributed by atoms with van der Waals surface area (Å²) in [7, 11) is 0. The number of para-hydroxylation sites is 1. The number of H-pyrrole nitrogens is 1. The largest absolute Gasteiger partial charge is 0.334 e. The summed E-state index contributed by atoms with van der Waals surface area (Å²) in [6.07, 6.45) is 4.10. The highest BCUT2D eigenvalue weighted by Crippen LogP contribution is 2.25. The van der Waals surface area contributed by atoms with Crippen LogP contribution in [0.25, 0.3) is 11.0 Å². The molecule has 1 fully saturated rings. The predicted molar refractivity (Wildman–Crippen MR) is 112 cm³/mol. The van der Waals surface area contributed by atoms with Crippen LogP contribution in [-0.4, -0.2) is 39.4 Å². The molecule has 29 heavy (non-hydrogen) atoms. The first kappa shape index (κ1) is 19.6. The number of aromatic nitrogens is 2. The number of carbonyl (C=O) groups is 1.